The van der Waals surface area contributed by atoms with Gasteiger partial charge < -0.3 is 19.5 Å². The SMILES string of the molecule is CCCN1C(=O)[C@@H]([C@H](O)C(=O)OCC)OC(c2ccccc2Cl)c2cc(Cl)ccc21. The van der Waals surface area contributed by atoms with Crippen molar-refractivity contribution < 1.29 is 24.2 Å². The molecule has 6 nitrogen and oxygen atoms in total. The van der Waals surface area contributed by atoms with E-state index in [4.69, 9.17) is 32.7 Å². The van der Waals surface area contributed by atoms with Crippen molar-refractivity contribution in [1.82, 2.24) is 0 Å². The number of carbonyl (C=O) groups excluding carboxylic acids is 2. The summed E-state index contributed by atoms with van der Waals surface area (Å²) in [6.07, 6.45) is -3.42. The van der Waals surface area contributed by atoms with Gasteiger partial charge in [-0.05, 0) is 37.6 Å². The molecule has 160 valence electrons. The second-order valence-electron chi connectivity index (χ2n) is 6.85. The normalized spacial score (nSPS) is 19.8. The zero-order chi connectivity index (χ0) is 21.8. The van der Waals surface area contributed by atoms with Gasteiger partial charge in [-0.2, -0.15) is 0 Å². The highest BCUT2D eigenvalue weighted by Crippen LogP contribution is 2.42. The number of halogens is 2. The molecule has 3 atom stereocenters. The molecule has 0 aliphatic carbocycles. The summed E-state index contributed by atoms with van der Waals surface area (Å²) in [6.45, 7) is 3.99. The maximum absolute atomic E-state index is 13.4. The van der Waals surface area contributed by atoms with E-state index in [1.807, 2.05) is 6.92 Å². The Labute approximate surface area is 185 Å². The van der Waals surface area contributed by atoms with Crippen LogP contribution in [0.15, 0.2) is 42.5 Å². The third kappa shape index (κ3) is 4.47. The fraction of sp³-hybridized carbons (Fsp3) is 0.364. The smallest absolute Gasteiger partial charge is 0.338 e. The van der Waals surface area contributed by atoms with Crippen LogP contribution in [0.2, 0.25) is 10.0 Å². The van der Waals surface area contributed by atoms with Gasteiger partial charge in [-0.1, -0.05) is 48.3 Å². The van der Waals surface area contributed by atoms with Crippen LogP contribution in [0.1, 0.15) is 37.5 Å². The van der Waals surface area contributed by atoms with Gasteiger partial charge in [-0.25, -0.2) is 4.79 Å². The van der Waals surface area contributed by atoms with Crippen LogP contribution in [0, 0.1) is 0 Å². The van der Waals surface area contributed by atoms with Crippen molar-refractivity contribution >= 4 is 40.8 Å². The molecular weight excluding hydrogens is 429 g/mol. The lowest BCUT2D eigenvalue weighted by molar-refractivity contribution is -0.168. The standard InChI is InChI=1S/C22H23Cl2NO5/c1-3-11-25-17-10-9-13(23)12-15(17)19(14-7-5-6-8-16(14)24)30-20(21(25)27)18(26)22(28)29-4-2/h5-10,12,18-20,26H,3-4,11H2,1-2H3/t18-,19?,20+/m0/s1. The van der Waals surface area contributed by atoms with Crippen LogP contribution in [0.5, 0.6) is 0 Å². The second kappa shape index (κ2) is 9.79. The number of hydrogen-bond donors (Lipinski definition) is 1. The van der Waals surface area contributed by atoms with Crippen LogP contribution in [-0.4, -0.2) is 42.3 Å². The molecular formula is C22H23Cl2NO5. The quantitative estimate of drug-likeness (QED) is 0.667. The third-order valence-electron chi connectivity index (χ3n) is 4.80. The topological polar surface area (TPSA) is 76.1 Å². The molecule has 0 saturated heterocycles. The fourth-order valence-corrected chi connectivity index (χ4v) is 3.89. The summed E-state index contributed by atoms with van der Waals surface area (Å²) in [5, 5.41) is 11.5. The Hall–Kier alpha value is -2.12. The molecule has 8 heteroatoms. The maximum atomic E-state index is 13.4. The minimum absolute atomic E-state index is 0.0687. The molecule has 30 heavy (non-hydrogen) atoms. The number of aliphatic hydroxyl groups excluding tert-OH is 1. The Kier molecular flexibility index (Phi) is 7.36. The molecule has 0 aromatic heterocycles. The monoisotopic (exact) mass is 451 g/mol. The van der Waals surface area contributed by atoms with Gasteiger partial charge in [0.15, 0.2) is 12.2 Å². The predicted molar refractivity (Wildman–Crippen MR) is 115 cm³/mol. The number of ether oxygens (including phenoxy) is 2. The van der Waals surface area contributed by atoms with Gasteiger partial charge in [0.05, 0.1) is 6.61 Å². The van der Waals surface area contributed by atoms with E-state index in [9.17, 15) is 14.7 Å². The summed E-state index contributed by atoms with van der Waals surface area (Å²) in [6, 6.07) is 12.2. The largest absolute Gasteiger partial charge is 0.464 e. The van der Waals surface area contributed by atoms with Crippen molar-refractivity contribution in [2.24, 2.45) is 0 Å². The molecule has 0 bridgehead atoms. The lowest BCUT2D eigenvalue weighted by Gasteiger charge is -2.26. The number of nitrogens with zero attached hydrogens (tertiary/aromatic N) is 1. The van der Waals surface area contributed by atoms with E-state index in [2.05, 4.69) is 0 Å². The van der Waals surface area contributed by atoms with Gasteiger partial charge in [0.2, 0.25) is 0 Å². The fourth-order valence-electron chi connectivity index (χ4n) is 3.48. The molecule has 1 heterocycles. The summed E-state index contributed by atoms with van der Waals surface area (Å²) in [5.41, 5.74) is 1.81. The highest BCUT2D eigenvalue weighted by atomic mass is 35.5. The second-order valence-corrected chi connectivity index (χ2v) is 7.69. The van der Waals surface area contributed by atoms with E-state index in [0.717, 1.165) is 0 Å². The van der Waals surface area contributed by atoms with Crippen molar-refractivity contribution in [1.29, 1.82) is 0 Å². The lowest BCUT2D eigenvalue weighted by Crippen LogP contribution is -2.49. The number of fused-ring (bicyclic) bond motifs is 1. The summed E-state index contributed by atoms with van der Waals surface area (Å²) < 4.78 is 11.0. The predicted octanol–water partition coefficient (Wildman–Crippen LogP) is 4.15. The molecule has 3 rings (SSSR count). The first-order valence-electron chi connectivity index (χ1n) is 9.74. The summed E-state index contributed by atoms with van der Waals surface area (Å²) in [7, 11) is 0. The van der Waals surface area contributed by atoms with Gasteiger partial charge in [0.1, 0.15) is 6.10 Å². The van der Waals surface area contributed by atoms with Crippen molar-refractivity contribution in [3.63, 3.8) is 0 Å². The van der Waals surface area contributed by atoms with E-state index in [-0.39, 0.29) is 6.61 Å². The number of amides is 1. The van der Waals surface area contributed by atoms with Crippen molar-refractivity contribution in [2.45, 2.75) is 38.6 Å². The van der Waals surface area contributed by atoms with E-state index < -0.39 is 30.2 Å². The minimum Gasteiger partial charge on any atom is -0.464 e. The maximum Gasteiger partial charge on any atom is 0.338 e. The first-order valence-corrected chi connectivity index (χ1v) is 10.5. The van der Waals surface area contributed by atoms with E-state index >= 15 is 0 Å². The third-order valence-corrected chi connectivity index (χ3v) is 5.38. The Morgan fingerprint density at radius 2 is 1.93 bits per heavy atom. The minimum atomic E-state index is -1.79. The first kappa shape index (κ1) is 22.6. The molecule has 2 aromatic rings. The van der Waals surface area contributed by atoms with Crippen LogP contribution < -0.4 is 4.90 Å². The molecule has 1 N–H and O–H groups in total. The molecule has 1 unspecified atom stereocenters. The summed E-state index contributed by atoms with van der Waals surface area (Å²) in [4.78, 5) is 27.1. The molecule has 1 aliphatic heterocycles. The van der Waals surface area contributed by atoms with Crippen LogP contribution in [0.4, 0.5) is 5.69 Å². The highest BCUT2D eigenvalue weighted by molar-refractivity contribution is 6.31. The molecule has 0 fully saturated rings. The zero-order valence-electron chi connectivity index (χ0n) is 16.7. The van der Waals surface area contributed by atoms with Gasteiger partial charge in [0.25, 0.3) is 5.91 Å². The van der Waals surface area contributed by atoms with Gasteiger partial charge in [0, 0.05) is 33.4 Å². The van der Waals surface area contributed by atoms with Crippen LogP contribution in [-0.2, 0) is 19.1 Å². The van der Waals surface area contributed by atoms with E-state index in [1.54, 1.807) is 49.4 Å². The van der Waals surface area contributed by atoms with Crippen LogP contribution >= 0.6 is 23.2 Å². The van der Waals surface area contributed by atoms with Gasteiger partial charge in [-0.15, -0.1) is 0 Å². The van der Waals surface area contributed by atoms with Gasteiger partial charge in [-0.3, -0.25) is 4.79 Å². The molecule has 1 amide bonds. The molecule has 0 radical (unpaired) electrons. The number of anilines is 1. The number of carbonyl (C=O) groups is 2. The van der Waals surface area contributed by atoms with E-state index in [1.165, 1.54) is 4.90 Å². The highest BCUT2D eigenvalue weighted by Gasteiger charge is 2.43. The number of hydrogen-bond acceptors (Lipinski definition) is 5. The zero-order valence-corrected chi connectivity index (χ0v) is 18.2. The van der Waals surface area contributed by atoms with Crippen LogP contribution in [0.25, 0.3) is 0 Å². The first-order chi connectivity index (χ1) is 14.4. The molecule has 2 aromatic carbocycles. The number of aliphatic hydroxyl groups is 1. The molecule has 1 aliphatic rings. The van der Waals surface area contributed by atoms with Crippen molar-refractivity contribution in [3.8, 4) is 0 Å². The Morgan fingerprint density at radius 1 is 1.20 bits per heavy atom. The Bertz CT molecular complexity index is 935. The Morgan fingerprint density at radius 3 is 2.60 bits per heavy atom. The summed E-state index contributed by atoms with van der Waals surface area (Å²) >= 11 is 12.7. The van der Waals surface area contributed by atoms with Gasteiger partial charge >= 0.3 is 5.97 Å². The average molecular weight is 452 g/mol. The van der Waals surface area contributed by atoms with Crippen LogP contribution in [0.3, 0.4) is 0 Å². The summed E-state index contributed by atoms with van der Waals surface area (Å²) in [5.74, 6) is -1.45. The number of rotatable bonds is 6. The molecule has 0 saturated carbocycles. The van der Waals surface area contributed by atoms with Crippen molar-refractivity contribution in [3.05, 3.63) is 63.6 Å². The molecule has 0 spiro atoms. The number of benzene rings is 2. The lowest BCUT2D eigenvalue weighted by atomic mass is 9.99. The van der Waals surface area contributed by atoms with E-state index in [0.29, 0.717) is 39.8 Å². The number of esters is 1. The average Bonchev–Trinajstić information content (AvgIpc) is 2.84. The van der Waals surface area contributed by atoms with Crippen molar-refractivity contribution in [2.75, 3.05) is 18.1 Å². The Balaban J connectivity index is 2.18.